The summed E-state index contributed by atoms with van der Waals surface area (Å²) in [5.74, 6) is 1.70. The number of amides is 1. The number of nitrogens with zero attached hydrogens (tertiary/aromatic N) is 2. The van der Waals surface area contributed by atoms with E-state index in [1.807, 2.05) is 30.3 Å². The smallest absolute Gasteiger partial charge is 0.279 e. The van der Waals surface area contributed by atoms with Gasteiger partial charge in [-0.1, -0.05) is 48.2 Å². The van der Waals surface area contributed by atoms with Crippen LogP contribution < -0.4 is 25.1 Å². The number of hydrogen-bond donors (Lipinski definition) is 1. The molecular formula is C24H25N3O5S. The van der Waals surface area contributed by atoms with Crippen LogP contribution in [0.5, 0.6) is 17.2 Å². The minimum atomic E-state index is -0.539. The molecule has 1 aromatic heterocycles. The molecule has 0 saturated heterocycles. The first-order chi connectivity index (χ1) is 16.0. The molecule has 1 aliphatic heterocycles. The molecule has 33 heavy (non-hydrogen) atoms. The van der Waals surface area contributed by atoms with Crippen LogP contribution >= 0.6 is 11.8 Å². The van der Waals surface area contributed by atoms with Crippen molar-refractivity contribution in [1.82, 2.24) is 9.55 Å². The van der Waals surface area contributed by atoms with Gasteiger partial charge in [0.2, 0.25) is 11.7 Å². The molecule has 172 valence electrons. The molecule has 9 heteroatoms. The second-order valence-electron chi connectivity index (χ2n) is 7.52. The molecule has 0 bridgehead atoms. The fourth-order valence-corrected chi connectivity index (χ4v) is 4.97. The number of carbonyl (C=O) groups is 1. The zero-order valence-electron chi connectivity index (χ0n) is 18.9. The van der Waals surface area contributed by atoms with E-state index < -0.39 is 5.92 Å². The van der Waals surface area contributed by atoms with Crippen LogP contribution in [0.25, 0.3) is 0 Å². The van der Waals surface area contributed by atoms with Crippen molar-refractivity contribution < 1.29 is 19.0 Å². The van der Waals surface area contributed by atoms with Gasteiger partial charge in [0.25, 0.3) is 5.56 Å². The van der Waals surface area contributed by atoms with Gasteiger partial charge in [-0.15, -0.1) is 0 Å². The van der Waals surface area contributed by atoms with E-state index in [-0.39, 0.29) is 17.9 Å². The zero-order valence-corrected chi connectivity index (χ0v) is 19.7. The van der Waals surface area contributed by atoms with E-state index in [2.05, 4.69) is 10.3 Å². The highest BCUT2D eigenvalue weighted by atomic mass is 32.2. The highest BCUT2D eigenvalue weighted by Gasteiger charge is 2.35. The Kier molecular flexibility index (Phi) is 6.60. The van der Waals surface area contributed by atoms with Gasteiger partial charge in [-0.2, -0.15) is 4.98 Å². The molecule has 0 saturated carbocycles. The summed E-state index contributed by atoms with van der Waals surface area (Å²) in [6, 6.07) is 13.5. The fraction of sp³-hybridized carbons (Fsp3) is 0.292. The first-order valence-corrected chi connectivity index (χ1v) is 11.3. The Balaban J connectivity index is 1.79. The first kappa shape index (κ1) is 22.7. The molecule has 3 aromatic rings. The number of fused-ring (bicyclic) bond motifs is 1. The van der Waals surface area contributed by atoms with Gasteiger partial charge in [0.1, 0.15) is 5.82 Å². The first-order valence-electron chi connectivity index (χ1n) is 10.3. The Morgan fingerprint density at radius 3 is 2.42 bits per heavy atom. The highest BCUT2D eigenvalue weighted by Crippen LogP contribution is 2.46. The summed E-state index contributed by atoms with van der Waals surface area (Å²) in [7, 11) is 6.37. The maximum absolute atomic E-state index is 13.2. The van der Waals surface area contributed by atoms with E-state index in [9.17, 15) is 9.59 Å². The minimum absolute atomic E-state index is 0.0896. The number of benzene rings is 2. The predicted molar refractivity (Wildman–Crippen MR) is 127 cm³/mol. The van der Waals surface area contributed by atoms with Crippen molar-refractivity contribution >= 4 is 23.5 Å². The number of nitrogens with one attached hydrogen (secondary N) is 1. The average Bonchev–Trinajstić information content (AvgIpc) is 2.84. The number of methoxy groups -OCH3 is 3. The van der Waals surface area contributed by atoms with Gasteiger partial charge in [-0.25, -0.2) is 0 Å². The molecule has 0 fully saturated rings. The van der Waals surface area contributed by atoms with E-state index >= 15 is 0 Å². The number of hydrogen-bond acceptors (Lipinski definition) is 7. The van der Waals surface area contributed by atoms with Gasteiger partial charge in [-0.05, 0) is 11.6 Å². The quantitative estimate of drug-likeness (QED) is 0.420. The second-order valence-corrected chi connectivity index (χ2v) is 8.47. The summed E-state index contributed by atoms with van der Waals surface area (Å²) >= 11 is 1.44. The van der Waals surface area contributed by atoms with Gasteiger partial charge in [-0.3, -0.25) is 9.59 Å². The SMILES string of the molecule is COc1ccc([C@H]2CC(=O)Nc3c2c(=O)nc(SCc2ccccc2)n3C)c(OC)c1OC. The Bertz CT molecular complexity index is 1240. The average molecular weight is 468 g/mol. The van der Waals surface area contributed by atoms with Gasteiger partial charge < -0.3 is 24.1 Å². The van der Waals surface area contributed by atoms with Crippen LogP contribution in [0.4, 0.5) is 5.82 Å². The van der Waals surface area contributed by atoms with Crippen molar-refractivity contribution in [1.29, 1.82) is 0 Å². The Morgan fingerprint density at radius 2 is 1.76 bits per heavy atom. The van der Waals surface area contributed by atoms with Crippen LogP contribution in [0.15, 0.2) is 52.4 Å². The molecule has 1 aliphatic rings. The number of rotatable bonds is 7. The standard InChI is InChI=1S/C24H25N3O5S/c1-27-22-19(23(29)26-24(27)33-13-14-8-6-5-7-9-14)16(12-18(28)25-22)15-10-11-17(30-2)21(32-4)20(15)31-3/h5-11,16H,12-13H2,1-4H3,(H,25,28)/t16-/m1/s1. The lowest BCUT2D eigenvalue weighted by molar-refractivity contribution is -0.116. The largest absolute Gasteiger partial charge is 0.493 e. The van der Waals surface area contributed by atoms with Crippen LogP contribution in [0.3, 0.4) is 0 Å². The third kappa shape index (κ3) is 4.28. The number of aromatic nitrogens is 2. The molecule has 0 aliphatic carbocycles. The van der Waals surface area contributed by atoms with Crippen molar-refractivity contribution in [2.75, 3.05) is 26.6 Å². The third-order valence-corrected chi connectivity index (χ3v) is 6.72. The highest BCUT2D eigenvalue weighted by molar-refractivity contribution is 7.98. The maximum Gasteiger partial charge on any atom is 0.279 e. The van der Waals surface area contributed by atoms with E-state index in [0.29, 0.717) is 45.1 Å². The summed E-state index contributed by atoms with van der Waals surface area (Å²) < 4.78 is 18.3. The third-order valence-electron chi connectivity index (χ3n) is 5.62. The van der Waals surface area contributed by atoms with Crippen LogP contribution in [0.1, 0.15) is 29.0 Å². The summed E-state index contributed by atoms with van der Waals surface area (Å²) in [5.41, 5.74) is 1.83. The number of ether oxygens (including phenoxy) is 3. The van der Waals surface area contributed by atoms with Gasteiger partial charge in [0.05, 0.1) is 26.9 Å². The summed E-state index contributed by atoms with van der Waals surface area (Å²) in [6.45, 7) is 0. The van der Waals surface area contributed by atoms with E-state index in [0.717, 1.165) is 5.56 Å². The molecule has 2 aromatic carbocycles. The van der Waals surface area contributed by atoms with Crippen molar-refractivity contribution in [2.45, 2.75) is 23.2 Å². The number of carbonyl (C=O) groups excluding carboxylic acids is 1. The fourth-order valence-electron chi connectivity index (χ4n) is 4.05. The van der Waals surface area contributed by atoms with E-state index in [1.54, 1.807) is 23.7 Å². The van der Waals surface area contributed by atoms with Crippen molar-refractivity contribution in [3.05, 3.63) is 69.5 Å². The molecule has 0 spiro atoms. The van der Waals surface area contributed by atoms with Crippen LogP contribution in [-0.2, 0) is 17.6 Å². The number of anilines is 1. The molecule has 0 unspecified atom stereocenters. The van der Waals surface area contributed by atoms with Gasteiger partial charge in [0.15, 0.2) is 16.7 Å². The van der Waals surface area contributed by atoms with Crippen molar-refractivity contribution in [2.24, 2.45) is 7.05 Å². The lowest BCUT2D eigenvalue weighted by Gasteiger charge is -2.29. The minimum Gasteiger partial charge on any atom is -0.493 e. The van der Waals surface area contributed by atoms with Crippen LogP contribution in [-0.4, -0.2) is 36.8 Å². The predicted octanol–water partition coefficient (Wildman–Crippen LogP) is 3.57. The molecule has 0 radical (unpaired) electrons. The Labute approximate surface area is 195 Å². The van der Waals surface area contributed by atoms with Crippen molar-refractivity contribution in [3.8, 4) is 17.2 Å². The lowest BCUT2D eigenvalue weighted by Crippen LogP contribution is -2.33. The molecular weight excluding hydrogens is 442 g/mol. The summed E-state index contributed by atoms with van der Waals surface area (Å²) in [6.07, 6.45) is 0.0896. The van der Waals surface area contributed by atoms with Gasteiger partial charge in [0, 0.05) is 30.7 Å². The molecule has 1 atom stereocenters. The lowest BCUT2D eigenvalue weighted by atomic mass is 9.86. The molecule has 4 rings (SSSR count). The molecule has 2 heterocycles. The molecule has 1 N–H and O–H groups in total. The van der Waals surface area contributed by atoms with Crippen molar-refractivity contribution in [3.63, 3.8) is 0 Å². The molecule has 8 nitrogen and oxygen atoms in total. The van der Waals surface area contributed by atoms with Crippen LogP contribution in [0.2, 0.25) is 0 Å². The normalized spacial score (nSPS) is 14.9. The monoisotopic (exact) mass is 467 g/mol. The maximum atomic E-state index is 13.2. The Morgan fingerprint density at radius 1 is 1.03 bits per heavy atom. The van der Waals surface area contributed by atoms with E-state index in [4.69, 9.17) is 14.2 Å². The second kappa shape index (κ2) is 9.58. The molecule has 1 amide bonds. The zero-order chi connectivity index (χ0) is 23.5. The Hall–Kier alpha value is -3.46. The van der Waals surface area contributed by atoms with E-state index in [1.165, 1.54) is 33.1 Å². The van der Waals surface area contributed by atoms with Crippen LogP contribution in [0, 0.1) is 0 Å². The van der Waals surface area contributed by atoms with Gasteiger partial charge >= 0.3 is 0 Å². The number of thioether (sulfide) groups is 1. The summed E-state index contributed by atoms with van der Waals surface area (Å²) in [4.78, 5) is 30.3. The summed E-state index contributed by atoms with van der Waals surface area (Å²) in [5, 5.41) is 3.40. The topological polar surface area (TPSA) is 91.7 Å².